The largest absolute Gasteiger partial charge is 0.351 e. The number of amides is 1. The van der Waals surface area contributed by atoms with Crippen molar-refractivity contribution in [1.29, 1.82) is 0 Å². The molecule has 1 unspecified atom stereocenters. The van der Waals surface area contributed by atoms with Crippen molar-refractivity contribution in [3.8, 4) is 0 Å². The molecule has 0 radical (unpaired) electrons. The molecule has 0 aromatic carbocycles. The first kappa shape index (κ1) is 20.2. The van der Waals surface area contributed by atoms with Crippen LogP contribution in [0.2, 0.25) is 0 Å². The molecular formula is C19H30N8O. The number of aliphatic imine (C=N–C) groups is 2. The van der Waals surface area contributed by atoms with Crippen molar-refractivity contribution in [2.45, 2.75) is 33.0 Å². The number of likely N-dealkylation sites (N-methyl/N-ethyl adjacent to an activating group) is 1. The quantitative estimate of drug-likeness (QED) is 0.673. The van der Waals surface area contributed by atoms with E-state index >= 15 is 0 Å². The number of nitrogens with zero attached hydrogens (tertiary/aromatic N) is 5. The zero-order valence-corrected chi connectivity index (χ0v) is 16.9. The number of piperazine rings is 1. The number of anilines is 1. The van der Waals surface area contributed by atoms with Gasteiger partial charge < -0.3 is 20.9 Å². The van der Waals surface area contributed by atoms with Gasteiger partial charge in [-0.2, -0.15) is 0 Å². The van der Waals surface area contributed by atoms with Gasteiger partial charge in [-0.25, -0.2) is 15.0 Å². The van der Waals surface area contributed by atoms with Crippen LogP contribution in [0.3, 0.4) is 0 Å². The first-order valence-corrected chi connectivity index (χ1v) is 9.95. The van der Waals surface area contributed by atoms with Crippen molar-refractivity contribution in [2.75, 3.05) is 45.1 Å². The molecule has 1 saturated heterocycles. The van der Waals surface area contributed by atoms with Gasteiger partial charge in [-0.1, -0.05) is 19.9 Å². The average Bonchev–Trinajstić information content (AvgIpc) is 2.72. The molecule has 0 spiro atoms. The van der Waals surface area contributed by atoms with Gasteiger partial charge in [0.05, 0.1) is 0 Å². The molecule has 2 aliphatic heterocycles. The summed E-state index contributed by atoms with van der Waals surface area (Å²) in [4.78, 5) is 30.6. The molecule has 1 amide bonds. The second kappa shape index (κ2) is 9.61. The highest BCUT2D eigenvalue weighted by atomic mass is 16.1. The fraction of sp³-hybridized carbons (Fsp3) is 0.579. The van der Waals surface area contributed by atoms with E-state index in [1.165, 1.54) is 0 Å². The minimum atomic E-state index is -0.233. The Labute approximate surface area is 166 Å². The van der Waals surface area contributed by atoms with Crippen molar-refractivity contribution in [3.63, 3.8) is 0 Å². The Balaban J connectivity index is 1.71. The minimum Gasteiger partial charge on any atom is -0.351 e. The second-order valence-corrected chi connectivity index (χ2v) is 7.01. The van der Waals surface area contributed by atoms with E-state index in [1.807, 2.05) is 19.1 Å². The number of hydrogen-bond donors (Lipinski definition) is 3. The van der Waals surface area contributed by atoms with Crippen LogP contribution in [-0.2, 0) is 0 Å². The number of nitrogens with one attached hydrogen (secondary N) is 3. The normalized spacial score (nSPS) is 20.8. The van der Waals surface area contributed by atoms with Gasteiger partial charge in [0.1, 0.15) is 17.3 Å². The maximum absolute atomic E-state index is 12.2. The van der Waals surface area contributed by atoms with Crippen LogP contribution in [0.5, 0.6) is 0 Å². The number of pyridine rings is 1. The molecule has 1 aromatic heterocycles. The Kier molecular flexibility index (Phi) is 6.94. The van der Waals surface area contributed by atoms with Gasteiger partial charge in [-0.05, 0) is 25.6 Å². The van der Waals surface area contributed by atoms with Gasteiger partial charge in [0.25, 0.3) is 5.91 Å². The Morgan fingerprint density at radius 1 is 1.21 bits per heavy atom. The molecule has 28 heavy (non-hydrogen) atoms. The zero-order valence-electron chi connectivity index (χ0n) is 16.9. The lowest BCUT2D eigenvalue weighted by molar-refractivity contribution is 0.0949. The summed E-state index contributed by atoms with van der Waals surface area (Å²) in [6, 6.07) is 5.34. The number of carbonyl (C=O) groups is 1. The lowest BCUT2D eigenvalue weighted by Gasteiger charge is -2.36. The molecule has 1 atom stereocenters. The summed E-state index contributed by atoms with van der Waals surface area (Å²) in [6.07, 6.45) is 1.44. The number of hydrogen-bond acceptors (Lipinski definition) is 8. The van der Waals surface area contributed by atoms with E-state index in [0.29, 0.717) is 24.0 Å². The molecule has 3 rings (SSSR count). The Morgan fingerprint density at radius 2 is 2.00 bits per heavy atom. The third kappa shape index (κ3) is 5.26. The Morgan fingerprint density at radius 3 is 2.71 bits per heavy atom. The fourth-order valence-electron chi connectivity index (χ4n) is 3.03. The molecule has 3 N–H and O–H groups in total. The molecule has 0 saturated carbocycles. The minimum absolute atomic E-state index is 0.171. The van der Waals surface area contributed by atoms with Crippen LogP contribution < -0.4 is 16.0 Å². The van der Waals surface area contributed by atoms with Crippen molar-refractivity contribution >= 4 is 23.5 Å². The third-order valence-electron chi connectivity index (χ3n) is 4.74. The van der Waals surface area contributed by atoms with E-state index in [4.69, 9.17) is 9.98 Å². The van der Waals surface area contributed by atoms with Gasteiger partial charge in [-0.15, -0.1) is 0 Å². The standard InChI is InChI=1S/C19H30N8O/c1-4-9-20-17(28)14-7-6-8-16(21-14)23-18-22-15(5-2)24-19(25-18)27-12-10-26(3)11-13-27/h6-8,19H,4-5,9-13H2,1-3H3,(H,20,28)(H2,21,22,23,24,25). The summed E-state index contributed by atoms with van der Waals surface area (Å²) in [5.74, 6) is 1.90. The number of rotatable bonds is 6. The molecule has 0 bridgehead atoms. The SMILES string of the molecule is CCCNC(=O)c1cccc(NC2=NC(N3CCN(C)CC3)N=C(CC)N2)n1. The molecule has 2 aliphatic rings. The predicted molar refractivity (Wildman–Crippen MR) is 112 cm³/mol. The van der Waals surface area contributed by atoms with Crippen LogP contribution >= 0.6 is 0 Å². The molecule has 1 fully saturated rings. The van der Waals surface area contributed by atoms with Crippen LogP contribution in [0.25, 0.3) is 0 Å². The summed E-state index contributed by atoms with van der Waals surface area (Å²) in [7, 11) is 2.13. The number of amidine groups is 1. The van der Waals surface area contributed by atoms with Crippen LogP contribution in [0, 0.1) is 0 Å². The topological polar surface area (TPSA) is 97.3 Å². The van der Waals surface area contributed by atoms with Crippen LogP contribution in [0.1, 0.15) is 37.2 Å². The summed E-state index contributed by atoms with van der Waals surface area (Å²) >= 11 is 0. The molecule has 9 heteroatoms. The summed E-state index contributed by atoms with van der Waals surface area (Å²) < 4.78 is 0. The molecule has 152 valence electrons. The molecular weight excluding hydrogens is 356 g/mol. The van der Waals surface area contributed by atoms with E-state index in [1.54, 1.807) is 6.07 Å². The van der Waals surface area contributed by atoms with Crippen LogP contribution in [0.15, 0.2) is 28.2 Å². The summed E-state index contributed by atoms with van der Waals surface area (Å²) in [5.41, 5.74) is 0.384. The van der Waals surface area contributed by atoms with E-state index < -0.39 is 0 Å². The van der Waals surface area contributed by atoms with Gasteiger partial charge in [0, 0.05) is 39.1 Å². The van der Waals surface area contributed by atoms with E-state index in [-0.39, 0.29) is 12.2 Å². The van der Waals surface area contributed by atoms with Gasteiger partial charge in [-0.3, -0.25) is 9.69 Å². The number of guanidine groups is 1. The first-order valence-electron chi connectivity index (χ1n) is 9.95. The average molecular weight is 387 g/mol. The highest BCUT2D eigenvalue weighted by Crippen LogP contribution is 2.13. The molecule has 9 nitrogen and oxygen atoms in total. The molecule has 3 heterocycles. The number of carbonyl (C=O) groups excluding carboxylic acids is 1. The maximum Gasteiger partial charge on any atom is 0.269 e. The first-order chi connectivity index (χ1) is 13.6. The highest BCUT2D eigenvalue weighted by Gasteiger charge is 2.25. The highest BCUT2D eigenvalue weighted by molar-refractivity contribution is 6.06. The maximum atomic E-state index is 12.2. The van der Waals surface area contributed by atoms with Crippen molar-refractivity contribution in [3.05, 3.63) is 23.9 Å². The van der Waals surface area contributed by atoms with Crippen LogP contribution in [0.4, 0.5) is 5.82 Å². The predicted octanol–water partition coefficient (Wildman–Crippen LogP) is 0.932. The molecule has 0 aliphatic carbocycles. The summed E-state index contributed by atoms with van der Waals surface area (Å²) in [6.45, 7) is 8.60. The Bertz CT molecular complexity index is 739. The van der Waals surface area contributed by atoms with Crippen molar-refractivity contribution in [1.82, 2.24) is 25.4 Å². The fourth-order valence-corrected chi connectivity index (χ4v) is 3.03. The zero-order chi connectivity index (χ0) is 19.9. The van der Waals surface area contributed by atoms with Gasteiger partial charge >= 0.3 is 0 Å². The van der Waals surface area contributed by atoms with Crippen LogP contribution in [-0.4, -0.2) is 78.5 Å². The second-order valence-electron chi connectivity index (χ2n) is 7.01. The lowest BCUT2D eigenvalue weighted by atomic mass is 10.3. The summed E-state index contributed by atoms with van der Waals surface area (Å²) in [5, 5.41) is 9.27. The van der Waals surface area contributed by atoms with Gasteiger partial charge in [0.2, 0.25) is 12.2 Å². The number of aromatic nitrogens is 1. The van der Waals surface area contributed by atoms with E-state index in [9.17, 15) is 4.79 Å². The smallest absolute Gasteiger partial charge is 0.269 e. The van der Waals surface area contributed by atoms with Crippen molar-refractivity contribution < 1.29 is 4.79 Å². The van der Waals surface area contributed by atoms with E-state index in [0.717, 1.165) is 44.9 Å². The molecule has 1 aromatic rings. The third-order valence-corrected chi connectivity index (χ3v) is 4.74. The lowest BCUT2D eigenvalue weighted by Crippen LogP contribution is -2.51. The Hall–Kier alpha value is -2.52. The van der Waals surface area contributed by atoms with Crippen molar-refractivity contribution in [2.24, 2.45) is 9.98 Å². The monoisotopic (exact) mass is 386 g/mol. The van der Waals surface area contributed by atoms with Gasteiger partial charge in [0.15, 0.2) is 0 Å². The van der Waals surface area contributed by atoms with E-state index in [2.05, 4.69) is 44.7 Å².